The maximum absolute atomic E-state index is 14.8. The van der Waals surface area contributed by atoms with E-state index in [9.17, 15) is 21.6 Å². The van der Waals surface area contributed by atoms with Gasteiger partial charge in [-0.3, -0.25) is 4.72 Å². The average molecular weight is 484 g/mol. The number of thiazole rings is 1. The summed E-state index contributed by atoms with van der Waals surface area (Å²) in [6, 6.07) is 5.53. The number of halogens is 3. The molecule has 4 rings (SSSR count). The monoisotopic (exact) mass is 483 g/mol. The lowest BCUT2D eigenvalue weighted by Gasteiger charge is -2.23. The van der Waals surface area contributed by atoms with Gasteiger partial charge in [-0.1, -0.05) is 0 Å². The van der Waals surface area contributed by atoms with E-state index in [4.69, 9.17) is 0 Å². The van der Waals surface area contributed by atoms with Gasteiger partial charge in [0.05, 0.1) is 21.8 Å². The molecule has 1 aromatic heterocycles. The Morgan fingerprint density at radius 2 is 1.91 bits per heavy atom. The van der Waals surface area contributed by atoms with Crippen molar-refractivity contribution in [3.63, 3.8) is 0 Å². The lowest BCUT2D eigenvalue weighted by atomic mass is 10.2. The Bertz CT molecular complexity index is 1200. The number of hydrogen-bond donors (Lipinski definition) is 3. The minimum atomic E-state index is -4.23. The van der Waals surface area contributed by atoms with Gasteiger partial charge in [-0.25, -0.2) is 26.6 Å². The highest BCUT2D eigenvalue weighted by molar-refractivity contribution is 7.92. The van der Waals surface area contributed by atoms with Crippen LogP contribution in [0.2, 0.25) is 0 Å². The van der Waals surface area contributed by atoms with Crippen LogP contribution in [-0.2, 0) is 10.0 Å². The van der Waals surface area contributed by atoms with Gasteiger partial charge in [0.25, 0.3) is 10.0 Å². The van der Waals surface area contributed by atoms with Gasteiger partial charge in [-0.05, 0) is 43.8 Å². The number of nitrogens with one attached hydrogen (secondary N) is 3. The van der Waals surface area contributed by atoms with Crippen LogP contribution in [0.4, 0.5) is 36.1 Å². The molecular formula is C20H20F3N5O2S2. The number of rotatable bonds is 7. The number of benzene rings is 2. The second-order valence-corrected chi connectivity index (χ2v) is 9.65. The molecule has 0 radical (unpaired) electrons. The van der Waals surface area contributed by atoms with Gasteiger partial charge < -0.3 is 15.5 Å². The molecule has 1 atom stereocenters. The van der Waals surface area contributed by atoms with E-state index in [2.05, 4.69) is 20.3 Å². The Labute approximate surface area is 187 Å². The van der Waals surface area contributed by atoms with Crippen molar-refractivity contribution in [3.8, 4) is 0 Å². The Morgan fingerprint density at radius 1 is 1.16 bits per heavy atom. The summed E-state index contributed by atoms with van der Waals surface area (Å²) in [5.74, 6) is -2.63. The maximum Gasteiger partial charge on any atom is 0.263 e. The van der Waals surface area contributed by atoms with E-state index in [0.717, 1.165) is 18.6 Å². The summed E-state index contributed by atoms with van der Waals surface area (Å²) in [4.78, 5) is 5.13. The molecular weight excluding hydrogens is 463 g/mol. The normalized spacial score (nSPS) is 16.4. The summed E-state index contributed by atoms with van der Waals surface area (Å²) < 4.78 is 70.6. The van der Waals surface area contributed by atoms with Crippen molar-refractivity contribution in [2.75, 3.05) is 35.1 Å². The zero-order chi connectivity index (χ0) is 22.9. The van der Waals surface area contributed by atoms with Crippen molar-refractivity contribution in [3.05, 3.63) is 58.7 Å². The molecule has 3 N–H and O–H groups in total. The van der Waals surface area contributed by atoms with E-state index in [1.54, 1.807) is 0 Å². The van der Waals surface area contributed by atoms with Gasteiger partial charge in [0.15, 0.2) is 17.5 Å². The smallest absolute Gasteiger partial charge is 0.263 e. The van der Waals surface area contributed by atoms with Crippen LogP contribution < -0.4 is 20.3 Å². The molecule has 12 heteroatoms. The number of likely N-dealkylation sites (N-methyl/N-ethyl adjacent to an activating group) is 1. The Kier molecular flexibility index (Phi) is 6.26. The van der Waals surface area contributed by atoms with E-state index in [-0.39, 0.29) is 11.9 Å². The molecule has 1 fully saturated rings. The van der Waals surface area contributed by atoms with Crippen LogP contribution in [0.15, 0.2) is 46.1 Å². The van der Waals surface area contributed by atoms with E-state index in [1.165, 1.54) is 40.4 Å². The Morgan fingerprint density at radius 3 is 2.53 bits per heavy atom. The molecule has 2 aromatic carbocycles. The predicted octanol–water partition coefficient (Wildman–Crippen LogP) is 3.90. The Hall–Kier alpha value is -2.83. The number of sulfonamides is 1. The largest absolute Gasteiger partial charge is 0.368 e. The highest BCUT2D eigenvalue weighted by Gasteiger charge is 2.25. The first kappa shape index (κ1) is 22.4. The third-order valence-electron chi connectivity index (χ3n) is 5.15. The average Bonchev–Trinajstić information content (AvgIpc) is 3.43. The predicted molar refractivity (Wildman–Crippen MR) is 119 cm³/mol. The van der Waals surface area contributed by atoms with Gasteiger partial charge in [-0.15, -0.1) is 11.3 Å². The molecule has 0 saturated carbocycles. The first-order valence-corrected chi connectivity index (χ1v) is 12.1. The molecule has 0 aliphatic carbocycles. The van der Waals surface area contributed by atoms with Gasteiger partial charge in [0, 0.05) is 24.5 Å². The fraction of sp³-hybridized carbons (Fsp3) is 0.250. The molecule has 1 aliphatic rings. The third-order valence-corrected chi connectivity index (χ3v) is 7.07. The zero-order valence-corrected chi connectivity index (χ0v) is 18.5. The van der Waals surface area contributed by atoms with Crippen molar-refractivity contribution in [2.24, 2.45) is 0 Å². The minimum Gasteiger partial charge on any atom is -0.368 e. The highest BCUT2D eigenvalue weighted by atomic mass is 32.2. The summed E-state index contributed by atoms with van der Waals surface area (Å²) in [7, 11) is -2.40. The summed E-state index contributed by atoms with van der Waals surface area (Å²) in [6.45, 7) is 1.26. The van der Waals surface area contributed by atoms with E-state index in [1.807, 2.05) is 11.9 Å². The van der Waals surface area contributed by atoms with Crippen molar-refractivity contribution in [1.29, 1.82) is 0 Å². The molecule has 1 aliphatic heterocycles. The molecule has 1 saturated heterocycles. The van der Waals surface area contributed by atoms with Crippen molar-refractivity contribution in [2.45, 2.75) is 17.4 Å². The van der Waals surface area contributed by atoms with Gasteiger partial charge in [0.2, 0.25) is 0 Å². The molecule has 0 amide bonds. The topological polar surface area (TPSA) is 86.4 Å². The van der Waals surface area contributed by atoms with Gasteiger partial charge >= 0.3 is 0 Å². The van der Waals surface area contributed by atoms with Crippen molar-refractivity contribution in [1.82, 2.24) is 10.3 Å². The van der Waals surface area contributed by atoms with Crippen LogP contribution in [0.5, 0.6) is 0 Å². The lowest BCUT2D eigenvalue weighted by Crippen LogP contribution is -2.29. The number of anilines is 4. The summed E-state index contributed by atoms with van der Waals surface area (Å²) in [5.41, 5.74) is 1.65. The van der Waals surface area contributed by atoms with Gasteiger partial charge in [-0.2, -0.15) is 0 Å². The van der Waals surface area contributed by atoms with Crippen LogP contribution >= 0.6 is 11.3 Å². The molecule has 32 heavy (non-hydrogen) atoms. The summed E-state index contributed by atoms with van der Waals surface area (Å²) in [5, 5.41) is 7.28. The number of aromatic nitrogens is 1. The quantitative estimate of drug-likeness (QED) is 0.473. The maximum atomic E-state index is 14.8. The van der Waals surface area contributed by atoms with Crippen LogP contribution in [0.3, 0.4) is 0 Å². The minimum absolute atomic E-state index is 0.0551. The van der Waals surface area contributed by atoms with E-state index in [0.29, 0.717) is 24.5 Å². The lowest BCUT2D eigenvalue weighted by molar-refractivity contribution is 0.574. The van der Waals surface area contributed by atoms with Gasteiger partial charge in [0.1, 0.15) is 11.5 Å². The first-order valence-electron chi connectivity index (χ1n) is 9.65. The van der Waals surface area contributed by atoms with E-state index >= 15 is 0 Å². The van der Waals surface area contributed by atoms with Crippen LogP contribution in [-0.4, -0.2) is 39.6 Å². The van der Waals surface area contributed by atoms with Crippen LogP contribution in [0.1, 0.15) is 6.42 Å². The van der Waals surface area contributed by atoms with Crippen molar-refractivity contribution < 1.29 is 21.6 Å². The van der Waals surface area contributed by atoms with Crippen LogP contribution in [0.25, 0.3) is 0 Å². The molecule has 7 nitrogen and oxygen atoms in total. The first-order chi connectivity index (χ1) is 15.3. The SMILES string of the molecule is CN[C@@H]1CCN(c2cc(F)ccc2Nc2c(F)cc(S(=O)(=O)Nc3cscn3)cc2F)C1. The summed E-state index contributed by atoms with van der Waals surface area (Å²) >= 11 is 1.17. The standard InChI is InChI=1S/C20H20F3N5O2S2/c1-24-13-4-5-28(9-13)18-6-12(21)2-3-17(18)26-20-15(22)7-14(8-16(20)23)32(29,30)27-19-10-31-11-25-19/h2-3,6-8,10-11,13,24,26-27H,4-5,9H2,1H3/t13-/m1/s1. The van der Waals surface area contributed by atoms with E-state index < -0.39 is 38.1 Å². The fourth-order valence-corrected chi connectivity index (χ4v) is 5.09. The molecule has 0 spiro atoms. The second kappa shape index (κ2) is 8.96. The molecule has 3 aromatic rings. The summed E-state index contributed by atoms with van der Waals surface area (Å²) in [6.07, 6.45) is 0.841. The zero-order valence-electron chi connectivity index (χ0n) is 16.9. The van der Waals surface area contributed by atoms with Crippen LogP contribution in [0, 0.1) is 17.5 Å². The third kappa shape index (κ3) is 4.66. The second-order valence-electron chi connectivity index (χ2n) is 7.25. The molecule has 2 heterocycles. The Balaban J connectivity index is 1.63. The number of hydrogen-bond acceptors (Lipinski definition) is 7. The van der Waals surface area contributed by atoms with Crippen molar-refractivity contribution >= 4 is 44.2 Å². The highest BCUT2D eigenvalue weighted by Crippen LogP contribution is 2.34. The fourth-order valence-electron chi connectivity index (χ4n) is 3.51. The molecule has 0 unspecified atom stereocenters. The molecule has 170 valence electrons. The molecule has 0 bridgehead atoms. The number of nitrogens with zero attached hydrogens (tertiary/aromatic N) is 2.